The molecule has 1 saturated heterocycles. The van der Waals surface area contributed by atoms with Gasteiger partial charge >= 0.3 is 0 Å². The van der Waals surface area contributed by atoms with Crippen LogP contribution in [0.3, 0.4) is 0 Å². The average Bonchev–Trinajstić information content (AvgIpc) is 2.64. The number of nitrogens with two attached hydrogens (primary N) is 1. The molecule has 1 amide bonds. The standard InChI is InChI=1S/C20H29ClFN3O3/c1-19(2,27)12-25-7-5-20(22,6-8-25)11-24-18(26)14-10-15(21)16(23)13-4-3-9-28-17(13)14/h10,27H,3-9,11-12,23H2,1-2H3,(H,24,26). The number of benzene rings is 1. The van der Waals surface area contributed by atoms with E-state index in [9.17, 15) is 9.90 Å². The number of nitrogen functional groups attached to an aromatic ring is 1. The number of amides is 1. The maximum Gasteiger partial charge on any atom is 0.255 e. The van der Waals surface area contributed by atoms with Gasteiger partial charge in [0, 0.05) is 25.2 Å². The van der Waals surface area contributed by atoms with Crippen molar-refractivity contribution in [3.63, 3.8) is 0 Å². The Morgan fingerprint density at radius 2 is 2.14 bits per heavy atom. The molecule has 1 aromatic rings. The first-order valence-electron chi connectivity index (χ1n) is 9.73. The van der Waals surface area contributed by atoms with E-state index in [-0.39, 0.29) is 6.54 Å². The number of anilines is 1. The number of β-amino-alcohol motifs (C(OH)–C–C–N with tert-alkyl or cyclic N) is 1. The van der Waals surface area contributed by atoms with Crippen molar-refractivity contribution >= 4 is 23.2 Å². The monoisotopic (exact) mass is 413 g/mol. The lowest BCUT2D eigenvalue weighted by Gasteiger charge is -2.38. The summed E-state index contributed by atoms with van der Waals surface area (Å²) in [6, 6.07) is 1.49. The molecule has 2 aliphatic rings. The Balaban J connectivity index is 1.63. The Kier molecular flexibility index (Phi) is 6.08. The van der Waals surface area contributed by atoms with Gasteiger partial charge in [0.1, 0.15) is 11.4 Å². The van der Waals surface area contributed by atoms with Gasteiger partial charge in [-0.3, -0.25) is 4.79 Å². The zero-order chi connectivity index (χ0) is 20.5. The van der Waals surface area contributed by atoms with Crippen LogP contribution in [0.1, 0.15) is 49.0 Å². The van der Waals surface area contributed by atoms with Gasteiger partial charge in [0.25, 0.3) is 5.91 Å². The van der Waals surface area contributed by atoms with Gasteiger partial charge in [-0.15, -0.1) is 0 Å². The summed E-state index contributed by atoms with van der Waals surface area (Å²) >= 11 is 6.18. The van der Waals surface area contributed by atoms with Gasteiger partial charge in [-0.25, -0.2) is 4.39 Å². The lowest BCUT2D eigenvalue weighted by Crippen LogP contribution is -2.50. The van der Waals surface area contributed by atoms with E-state index >= 15 is 4.39 Å². The Morgan fingerprint density at radius 1 is 1.46 bits per heavy atom. The second-order valence-electron chi connectivity index (χ2n) is 8.50. The van der Waals surface area contributed by atoms with E-state index in [0.29, 0.717) is 67.5 Å². The Morgan fingerprint density at radius 3 is 2.79 bits per heavy atom. The van der Waals surface area contributed by atoms with E-state index in [0.717, 1.165) is 12.0 Å². The van der Waals surface area contributed by atoms with Gasteiger partial charge in [0.2, 0.25) is 0 Å². The maximum atomic E-state index is 15.2. The smallest absolute Gasteiger partial charge is 0.255 e. The van der Waals surface area contributed by atoms with Crippen molar-refractivity contribution < 1.29 is 19.0 Å². The fourth-order valence-corrected chi connectivity index (χ4v) is 4.10. The molecule has 0 unspecified atom stereocenters. The second kappa shape index (κ2) is 8.05. The third kappa shape index (κ3) is 4.88. The number of fused-ring (bicyclic) bond motifs is 1. The molecule has 2 heterocycles. The van der Waals surface area contributed by atoms with Gasteiger partial charge in [-0.2, -0.15) is 0 Å². The largest absolute Gasteiger partial charge is 0.492 e. The van der Waals surface area contributed by atoms with Crippen molar-refractivity contribution in [2.45, 2.75) is 50.8 Å². The van der Waals surface area contributed by atoms with E-state index in [4.69, 9.17) is 22.1 Å². The molecule has 0 spiro atoms. The summed E-state index contributed by atoms with van der Waals surface area (Å²) < 4.78 is 20.8. The van der Waals surface area contributed by atoms with E-state index < -0.39 is 17.2 Å². The van der Waals surface area contributed by atoms with Crippen LogP contribution in [0.5, 0.6) is 5.75 Å². The molecule has 156 valence electrons. The summed E-state index contributed by atoms with van der Waals surface area (Å²) in [7, 11) is 0. The zero-order valence-corrected chi connectivity index (χ0v) is 17.2. The molecule has 1 fully saturated rings. The number of halogens is 2. The van der Waals surface area contributed by atoms with Crippen LogP contribution in [-0.4, -0.2) is 60.0 Å². The highest BCUT2D eigenvalue weighted by atomic mass is 35.5. The first-order chi connectivity index (χ1) is 13.1. The predicted molar refractivity (Wildman–Crippen MR) is 108 cm³/mol. The maximum absolute atomic E-state index is 15.2. The van der Waals surface area contributed by atoms with E-state index in [1.54, 1.807) is 13.8 Å². The molecule has 1 aromatic carbocycles. The second-order valence-corrected chi connectivity index (χ2v) is 8.91. The van der Waals surface area contributed by atoms with Crippen LogP contribution < -0.4 is 15.8 Å². The molecule has 8 heteroatoms. The minimum atomic E-state index is -1.47. The number of nitrogens with one attached hydrogen (secondary N) is 1. The van der Waals surface area contributed by atoms with Crippen molar-refractivity contribution in [2.75, 3.05) is 38.5 Å². The van der Waals surface area contributed by atoms with Gasteiger partial charge in [-0.1, -0.05) is 11.6 Å². The Hall–Kier alpha value is -1.57. The minimum Gasteiger partial charge on any atom is -0.492 e. The summed E-state index contributed by atoms with van der Waals surface area (Å²) in [4.78, 5) is 14.8. The number of rotatable bonds is 5. The number of hydrogen-bond acceptors (Lipinski definition) is 5. The predicted octanol–water partition coefficient (Wildman–Crippen LogP) is 2.55. The molecule has 2 aliphatic heterocycles. The highest BCUT2D eigenvalue weighted by Gasteiger charge is 2.36. The quantitative estimate of drug-likeness (QED) is 0.646. The van der Waals surface area contributed by atoms with Gasteiger partial charge in [0.05, 0.1) is 35.0 Å². The number of alkyl halides is 1. The average molecular weight is 414 g/mol. The summed E-state index contributed by atoms with van der Waals surface area (Å²) in [5, 5.41) is 12.9. The third-order valence-electron chi connectivity index (χ3n) is 5.36. The molecule has 28 heavy (non-hydrogen) atoms. The highest BCUT2D eigenvalue weighted by Crippen LogP contribution is 2.38. The van der Waals surface area contributed by atoms with Gasteiger partial charge < -0.3 is 25.8 Å². The zero-order valence-electron chi connectivity index (χ0n) is 16.5. The van der Waals surface area contributed by atoms with E-state index in [1.807, 2.05) is 4.90 Å². The van der Waals surface area contributed by atoms with Gasteiger partial charge in [-0.05, 0) is 45.6 Å². The molecule has 6 nitrogen and oxygen atoms in total. The molecule has 0 bridgehead atoms. The van der Waals surface area contributed by atoms with Crippen molar-refractivity contribution in [2.24, 2.45) is 0 Å². The summed E-state index contributed by atoms with van der Waals surface area (Å²) in [6.45, 7) is 5.52. The highest BCUT2D eigenvalue weighted by molar-refractivity contribution is 6.33. The van der Waals surface area contributed by atoms with Crippen molar-refractivity contribution in [1.29, 1.82) is 0 Å². The number of piperidine rings is 1. The molecule has 0 atom stereocenters. The number of carbonyl (C=O) groups is 1. The molecule has 0 aromatic heterocycles. The summed E-state index contributed by atoms with van der Waals surface area (Å²) in [5.41, 5.74) is 5.23. The summed E-state index contributed by atoms with van der Waals surface area (Å²) in [5.74, 6) is 0.0505. The molecule has 0 radical (unpaired) electrons. The lowest BCUT2D eigenvalue weighted by atomic mass is 9.92. The van der Waals surface area contributed by atoms with Crippen LogP contribution in [0.2, 0.25) is 5.02 Å². The van der Waals surface area contributed by atoms with Gasteiger partial charge in [0.15, 0.2) is 0 Å². The van der Waals surface area contributed by atoms with Crippen LogP contribution in [0.4, 0.5) is 10.1 Å². The minimum absolute atomic E-state index is 0.0705. The number of likely N-dealkylation sites (tertiary alicyclic amines) is 1. The molecule has 0 aliphatic carbocycles. The third-order valence-corrected chi connectivity index (χ3v) is 5.68. The van der Waals surface area contributed by atoms with Crippen LogP contribution in [0.15, 0.2) is 6.07 Å². The molecule has 4 N–H and O–H groups in total. The van der Waals surface area contributed by atoms with Crippen LogP contribution in [0, 0.1) is 0 Å². The van der Waals surface area contributed by atoms with Crippen LogP contribution in [0.25, 0.3) is 0 Å². The number of nitrogens with zero attached hydrogens (tertiary/aromatic N) is 1. The SMILES string of the molecule is CC(C)(O)CN1CCC(F)(CNC(=O)c2cc(Cl)c(N)c3c2OCCC3)CC1. The fourth-order valence-electron chi connectivity index (χ4n) is 3.87. The fraction of sp³-hybridized carbons (Fsp3) is 0.650. The van der Waals surface area contributed by atoms with Crippen molar-refractivity contribution in [1.82, 2.24) is 10.2 Å². The Bertz CT molecular complexity index is 743. The molecular formula is C20H29ClFN3O3. The lowest BCUT2D eigenvalue weighted by molar-refractivity contribution is -0.000332. The first kappa shape index (κ1) is 21.1. The molecule has 3 rings (SSSR count). The normalized spacial score (nSPS) is 19.6. The van der Waals surface area contributed by atoms with E-state index in [1.165, 1.54) is 6.07 Å². The van der Waals surface area contributed by atoms with Crippen LogP contribution in [-0.2, 0) is 6.42 Å². The molecule has 0 saturated carbocycles. The number of ether oxygens (including phenoxy) is 1. The first-order valence-corrected chi connectivity index (χ1v) is 10.1. The molecular weight excluding hydrogens is 385 g/mol. The van der Waals surface area contributed by atoms with Crippen molar-refractivity contribution in [3.05, 3.63) is 22.2 Å². The van der Waals surface area contributed by atoms with Crippen LogP contribution >= 0.6 is 11.6 Å². The number of aliphatic hydroxyl groups is 1. The summed E-state index contributed by atoms with van der Waals surface area (Å²) in [6.07, 6.45) is 2.13. The van der Waals surface area contributed by atoms with Crippen molar-refractivity contribution in [3.8, 4) is 5.75 Å². The van der Waals surface area contributed by atoms with E-state index in [2.05, 4.69) is 5.32 Å². The Labute approximate surface area is 170 Å². The topological polar surface area (TPSA) is 87.8 Å². The number of carbonyl (C=O) groups excluding carboxylic acids is 1. The number of hydrogen-bond donors (Lipinski definition) is 3.